The van der Waals surface area contributed by atoms with Crippen LogP contribution in [-0.2, 0) is 7.05 Å². The summed E-state index contributed by atoms with van der Waals surface area (Å²) in [6.07, 6.45) is 1.65. The molecule has 0 N–H and O–H groups in total. The largest absolute Gasteiger partial charge is 0.336 e. The van der Waals surface area contributed by atoms with Crippen LogP contribution in [0.15, 0.2) is 29.2 Å². The molecule has 6 nitrogen and oxygen atoms in total. The minimum Gasteiger partial charge on any atom is -0.336 e. The van der Waals surface area contributed by atoms with Crippen LogP contribution in [0, 0.1) is 0 Å². The van der Waals surface area contributed by atoms with Gasteiger partial charge in [-0.05, 0) is 24.7 Å². The minimum atomic E-state index is -0.283. The summed E-state index contributed by atoms with van der Waals surface area (Å²) in [5.74, 6) is -0.179. The topological polar surface area (TPSA) is 58.4 Å². The molecule has 0 atom stereocenters. The Morgan fingerprint density at radius 3 is 2.68 bits per heavy atom. The fraction of sp³-hybridized carbons (Fsp3) is 0.438. The number of hydrogen-bond donors (Lipinski definition) is 0. The molecular formula is C16H20N4O2. The van der Waals surface area contributed by atoms with Crippen LogP contribution in [0.5, 0.6) is 0 Å². The number of piperazine rings is 1. The molecule has 1 fully saturated rings. The highest BCUT2D eigenvalue weighted by molar-refractivity contribution is 5.97. The van der Waals surface area contributed by atoms with E-state index in [4.69, 9.17) is 0 Å². The number of amides is 1. The normalized spacial score (nSPS) is 16.2. The van der Waals surface area contributed by atoms with Crippen molar-refractivity contribution >= 4 is 16.9 Å². The Hall–Kier alpha value is -2.21. The van der Waals surface area contributed by atoms with Gasteiger partial charge < -0.3 is 9.80 Å². The lowest BCUT2D eigenvalue weighted by molar-refractivity contribution is 0.0641. The summed E-state index contributed by atoms with van der Waals surface area (Å²) in [4.78, 5) is 33.4. The molecule has 116 valence electrons. The highest BCUT2D eigenvalue weighted by Crippen LogP contribution is 2.12. The molecule has 1 aliphatic heterocycles. The quantitative estimate of drug-likeness (QED) is 0.820. The number of carbonyl (C=O) groups is 1. The first-order chi connectivity index (χ1) is 10.6. The lowest BCUT2D eigenvalue weighted by atomic mass is 10.1. The molecule has 2 aromatic rings. The zero-order chi connectivity index (χ0) is 15.7. The van der Waals surface area contributed by atoms with Crippen LogP contribution in [0.1, 0.15) is 17.3 Å². The SMILES string of the molecule is CCN1CCN(C(=O)c2cc3cccnc3n(C)c2=O)CC1. The zero-order valence-corrected chi connectivity index (χ0v) is 13.0. The van der Waals surface area contributed by atoms with Gasteiger partial charge in [-0.3, -0.25) is 14.2 Å². The third kappa shape index (κ3) is 2.50. The second-order valence-electron chi connectivity index (χ2n) is 5.56. The van der Waals surface area contributed by atoms with Crippen molar-refractivity contribution in [2.24, 2.45) is 7.05 Å². The number of likely N-dealkylation sites (N-methyl/N-ethyl adjacent to an activating group) is 1. The molecule has 2 aromatic heterocycles. The van der Waals surface area contributed by atoms with Crippen molar-refractivity contribution in [1.29, 1.82) is 0 Å². The standard InChI is InChI=1S/C16H20N4O2/c1-3-19-7-9-20(10-8-19)16(22)13-11-12-5-4-6-17-14(12)18(2)15(13)21/h4-6,11H,3,7-10H2,1-2H3. The molecule has 3 heterocycles. The Bertz CT molecular complexity index is 760. The van der Waals surface area contributed by atoms with Gasteiger partial charge in [0, 0.05) is 44.8 Å². The number of carbonyl (C=O) groups excluding carboxylic acids is 1. The van der Waals surface area contributed by atoms with Crippen LogP contribution >= 0.6 is 0 Å². The maximum atomic E-state index is 12.7. The highest BCUT2D eigenvalue weighted by Gasteiger charge is 2.24. The molecule has 0 unspecified atom stereocenters. The van der Waals surface area contributed by atoms with Crippen molar-refractivity contribution in [3.05, 3.63) is 40.3 Å². The Balaban J connectivity index is 1.95. The van der Waals surface area contributed by atoms with Gasteiger partial charge in [0.1, 0.15) is 11.2 Å². The molecule has 0 saturated carbocycles. The number of fused-ring (bicyclic) bond motifs is 1. The van der Waals surface area contributed by atoms with Gasteiger partial charge in [0.05, 0.1) is 0 Å². The third-order valence-corrected chi connectivity index (χ3v) is 4.31. The van der Waals surface area contributed by atoms with Gasteiger partial charge in [-0.15, -0.1) is 0 Å². The summed E-state index contributed by atoms with van der Waals surface area (Å²) in [5.41, 5.74) is 0.543. The van der Waals surface area contributed by atoms with Crippen LogP contribution in [0.2, 0.25) is 0 Å². The molecule has 1 amide bonds. The van der Waals surface area contributed by atoms with E-state index in [9.17, 15) is 9.59 Å². The lowest BCUT2D eigenvalue weighted by Crippen LogP contribution is -2.49. The summed E-state index contributed by atoms with van der Waals surface area (Å²) < 4.78 is 1.45. The van der Waals surface area contributed by atoms with E-state index in [1.165, 1.54) is 4.57 Å². The van der Waals surface area contributed by atoms with E-state index in [1.54, 1.807) is 30.3 Å². The first-order valence-electron chi connectivity index (χ1n) is 7.58. The Morgan fingerprint density at radius 1 is 1.27 bits per heavy atom. The summed E-state index contributed by atoms with van der Waals surface area (Å²) >= 11 is 0. The Morgan fingerprint density at radius 2 is 2.00 bits per heavy atom. The molecule has 0 aromatic carbocycles. The van der Waals surface area contributed by atoms with E-state index in [-0.39, 0.29) is 17.0 Å². The second kappa shape index (κ2) is 5.88. The van der Waals surface area contributed by atoms with Crippen molar-refractivity contribution in [2.75, 3.05) is 32.7 Å². The number of hydrogen-bond acceptors (Lipinski definition) is 4. The van der Waals surface area contributed by atoms with Gasteiger partial charge in [0.25, 0.3) is 11.5 Å². The maximum Gasteiger partial charge on any atom is 0.264 e. The predicted molar refractivity (Wildman–Crippen MR) is 85.0 cm³/mol. The van der Waals surface area contributed by atoms with Crippen molar-refractivity contribution in [1.82, 2.24) is 19.4 Å². The number of aryl methyl sites for hydroxylation is 1. The van der Waals surface area contributed by atoms with Crippen LogP contribution < -0.4 is 5.56 Å². The Kier molecular flexibility index (Phi) is 3.94. The average Bonchev–Trinajstić information content (AvgIpc) is 2.57. The van der Waals surface area contributed by atoms with Gasteiger partial charge >= 0.3 is 0 Å². The van der Waals surface area contributed by atoms with Crippen LogP contribution in [-0.4, -0.2) is 58.0 Å². The molecule has 0 spiro atoms. The summed E-state index contributed by atoms with van der Waals surface area (Å²) in [7, 11) is 1.66. The van der Waals surface area contributed by atoms with E-state index >= 15 is 0 Å². The van der Waals surface area contributed by atoms with Crippen molar-refractivity contribution in [2.45, 2.75) is 6.92 Å². The van der Waals surface area contributed by atoms with Crippen LogP contribution in [0.3, 0.4) is 0 Å². The third-order valence-electron chi connectivity index (χ3n) is 4.31. The molecule has 6 heteroatoms. The fourth-order valence-corrected chi connectivity index (χ4v) is 2.89. The molecule has 22 heavy (non-hydrogen) atoms. The van der Waals surface area contributed by atoms with Crippen molar-refractivity contribution < 1.29 is 4.79 Å². The zero-order valence-electron chi connectivity index (χ0n) is 13.0. The van der Waals surface area contributed by atoms with E-state index in [0.29, 0.717) is 18.7 Å². The average molecular weight is 300 g/mol. The predicted octanol–water partition coefficient (Wildman–Crippen LogP) is 0.711. The van der Waals surface area contributed by atoms with E-state index in [0.717, 1.165) is 25.0 Å². The van der Waals surface area contributed by atoms with Crippen molar-refractivity contribution in [3.63, 3.8) is 0 Å². The van der Waals surface area contributed by atoms with Crippen LogP contribution in [0.4, 0.5) is 0 Å². The first kappa shape index (κ1) is 14.7. The van der Waals surface area contributed by atoms with Gasteiger partial charge in [0.2, 0.25) is 0 Å². The maximum absolute atomic E-state index is 12.7. The number of pyridine rings is 2. The summed E-state index contributed by atoms with van der Waals surface area (Å²) in [6.45, 7) is 6.16. The smallest absolute Gasteiger partial charge is 0.264 e. The molecule has 0 radical (unpaired) electrons. The molecule has 1 aliphatic rings. The van der Waals surface area contributed by atoms with Crippen LogP contribution in [0.25, 0.3) is 11.0 Å². The highest BCUT2D eigenvalue weighted by atomic mass is 16.2. The number of nitrogens with zero attached hydrogens (tertiary/aromatic N) is 4. The van der Waals surface area contributed by atoms with Gasteiger partial charge in [-0.25, -0.2) is 4.98 Å². The number of rotatable bonds is 2. The molecule has 0 aliphatic carbocycles. The van der Waals surface area contributed by atoms with E-state index < -0.39 is 0 Å². The van der Waals surface area contributed by atoms with E-state index in [1.807, 2.05) is 6.07 Å². The summed E-state index contributed by atoms with van der Waals surface area (Å²) in [6, 6.07) is 5.34. The summed E-state index contributed by atoms with van der Waals surface area (Å²) in [5, 5.41) is 0.806. The fourth-order valence-electron chi connectivity index (χ4n) is 2.89. The second-order valence-corrected chi connectivity index (χ2v) is 5.56. The molecule has 1 saturated heterocycles. The van der Waals surface area contributed by atoms with Gasteiger partial charge in [-0.2, -0.15) is 0 Å². The lowest BCUT2D eigenvalue weighted by Gasteiger charge is -2.34. The Labute approximate surface area is 129 Å². The molecule has 3 rings (SSSR count). The molecule has 0 bridgehead atoms. The first-order valence-corrected chi connectivity index (χ1v) is 7.58. The number of aromatic nitrogens is 2. The minimum absolute atomic E-state index is 0.179. The monoisotopic (exact) mass is 300 g/mol. The van der Waals surface area contributed by atoms with Gasteiger partial charge in [0.15, 0.2) is 0 Å². The van der Waals surface area contributed by atoms with E-state index in [2.05, 4.69) is 16.8 Å². The van der Waals surface area contributed by atoms with Crippen molar-refractivity contribution in [3.8, 4) is 0 Å². The van der Waals surface area contributed by atoms with Gasteiger partial charge in [-0.1, -0.05) is 6.92 Å². The molecular weight excluding hydrogens is 280 g/mol.